The molecule has 2 atom stereocenters. The van der Waals surface area contributed by atoms with Gasteiger partial charge in [0.05, 0.1) is 24.4 Å². The molecular weight excluding hydrogens is 532 g/mol. The minimum absolute atomic E-state index is 0.199. The van der Waals surface area contributed by atoms with E-state index in [4.69, 9.17) is 21.7 Å². The van der Waals surface area contributed by atoms with Crippen LogP contribution in [0.1, 0.15) is 39.4 Å². The highest BCUT2D eigenvalue weighted by molar-refractivity contribution is 7.80. The smallest absolute Gasteiger partial charge is 0.337 e. The van der Waals surface area contributed by atoms with Gasteiger partial charge in [-0.15, -0.1) is 0 Å². The van der Waals surface area contributed by atoms with E-state index in [9.17, 15) is 4.79 Å². The van der Waals surface area contributed by atoms with Crippen molar-refractivity contribution >= 4 is 29.0 Å². The first-order chi connectivity index (χ1) is 20.0. The van der Waals surface area contributed by atoms with Crippen LogP contribution in [0.4, 0.5) is 5.69 Å². The summed E-state index contributed by atoms with van der Waals surface area (Å²) in [7, 11) is 1.38. The van der Waals surface area contributed by atoms with Gasteiger partial charge in [-0.05, 0) is 104 Å². The van der Waals surface area contributed by atoms with Crippen LogP contribution in [0.5, 0.6) is 11.5 Å². The van der Waals surface area contributed by atoms with Crippen LogP contribution in [-0.4, -0.2) is 27.7 Å². The van der Waals surface area contributed by atoms with Crippen LogP contribution < -0.4 is 15.0 Å². The van der Waals surface area contributed by atoms with Gasteiger partial charge in [0.2, 0.25) is 0 Å². The van der Waals surface area contributed by atoms with Crippen molar-refractivity contribution in [2.75, 3.05) is 12.0 Å². The van der Waals surface area contributed by atoms with E-state index in [1.54, 1.807) is 18.3 Å². The summed E-state index contributed by atoms with van der Waals surface area (Å²) < 4.78 is 13.1. The number of aromatic nitrogens is 2. The summed E-state index contributed by atoms with van der Waals surface area (Å²) >= 11 is 5.92. The first-order valence-electron chi connectivity index (χ1n) is 13.2. The van der Waals surface area contributed by atoms with E-state index < -0.39 is 0 Å². The van der Waals surface area contributed by atoms with Crippen molar-refractivity contribution in [2.24, 2.45) is 0 Å². The molecule has 8 heteroatoms. The summed E-state index contributed by atoms with van der Waals surface area (Å²) in [4.78, 5) is 18.8. The first kappa shape index (κ1) is 26.3. The minimum Gasteiger partial charge on any atom is -0.465 e. The van der Waals surface area contributed by atoms with E-state index in [2.05, 4.69) is 25.8 Å². The van der Waals surface area contributed by atoms with Crippen molar-refractivity contribution in [3.8, 4) is 17.2 Å². The SMILES string of the molecule is COC(=O)c1ccc(-n2cccc2[C@H]2[C@@H](c3ccccn3)NC(=S)N2c2ccc(Oc3ccccc3C)cc2)cc1. The number of hydrogen-bond donors (Lipinski definition) is 1. The fourth-order valence-electron chi connectivity index (χ4n) is 5.15. The zero-order valence-corrected chi connectivity index (χ0v) is 23.4. The average Bonchev–Trinajstić information content (AvgIpc) is 3.63. The molecule has 0 spiro atoms. The van der Waals surface area contributed by atoms with E-state index >= 15 is 0 Å². The molecule has 0 unspecified atom stereocenters. The largest absolute Gasteiger partial charge is 0.465 e. The number of aryl methyl sites for hydroxylation is 1. The number of carbonyl (C=O) groups is 1. The summed E-state index contributed by atoms with van der Waals surface area (Å²) in [6.45, 7) is 2.03. The van der Waals surface area contributed by atoms with Crippen LogP contribution in [0, 0.1) is 6.92 Å². The Balaban J connectivity index is 1.38. The van der Waals surface area contributed by atoms with Gasteiger partial charge in [0.1, 0.15) is 17.5 Å². The molecule has 1 N–H and O–H groups in total. The van der Waals surface area contributed by atoms with Gasteiger partial charge in [-0.1, -0.05) is 24.3 Å². The van der Waals surface area contributed by atoms with E-state index in [-0.39, 0.29) is 18.1 Å². The lowest BCUT2D eigenvalue weighted by molar-refractivity contribution is 0.0600. The lowest BCUT2D eigenvalue weighted by atomic mass is 10.0. The van der Waals surface area contributed by atoms with Crippen LogP contribution in [0.25, 0.3) is 5.69 Å². The van der Waals surface area contributed by atoms with Gasteiger partial charge in [0.25, 0.3) is 0 Å². The zero-order valence-electron chi connectivity index (χ0n) is 22.6. The number of rotatable bonds is 7. The van der Waals surface area contributed by atoms with Crippen molar-refractivity contribution in [1.29, 1.82) is 0 Å². The fraction of sp³-hybridized carbons (Fsp3) is 0.121. The molecule has 7 nitrogen and oxygen atoms in total. The number of thiocarbonyl (C=S) groups is 1. The van der Waals surface area contributed by atoms with Crippen LogP contribution in [-0.2, 0) is 4.74 Å². The summed E-state index contributed by atoms with van der Waals surface area (Å²) in [5.74, 6) is 1.20. The van der Waals surface area contributed by atoms with Gasteiger partial charge < -0.3 is 24.3 Å². The molecule has 1 saturated heterocycles. The number of hydrogen-bond acceptors (Lipinski definition) is 5. The highest BCUT2D eigenvalue weighted by atomic mass is 32.1. The Kier molecular flexibility index (Phi) is 7.22. The average molecular weight is 561 g/mol. The van der Waals surface area contributed by atoms with Crippen molar-refractivity contribution in [2.45, 2.75) is 19.0 Å². The number of nitrogens with zero attached hydrogens (tertiary/aromatic N) is 3. The maximum absolute atomic E-state index is 12.0. The van der Waals surface area contributed by atoms with Crippen molar-refractivity contribution in [3.05, 3.63) is 138 Å². The predicted molar refractivity (Wildman–Crippen MR) is 163 cm³/mol. The number of pyridine rings is 1. The summed E-state index contributed by atoms with van der Waals surface area (Å²) in [5, 5.41) is 4.12. The van der Waals surface area contributed by atoms with Gasteiger partial charge >= 0.3 is 5.97 Å². The minimum atomic E-state index is -0.370. The Labute approximate surface area is 244 Å². The summed E-state index contributed by atoms with van der Waals surface area (Å²) in [6.07, 6.45) is 3.80. The molecule has 0 saturated carbocycles. The van der Waals surface area contributed by atoms with Crippen molar-refractivity contribution in [3.63, 3.8) is 0 Å². The molecule has 204 valence electrons. The molecule has 3 heterocycles. The molecule has 0 aliphatic carbocycles. The topological polar surface area (TPSA) is 68.6 Å². The quantitative estimate of drug-likeness (QED) is 0.171. The Bertz CT molecular complexity index is 1680. The second kappa shape index (κ2) is 11.3. The van der Waals surface area contributed by atoms with Gasteiger partial charge in [-0.2, -0.15) is 0 Å². The number of esters is 1. The third-order valence-corrected chi connectivity index (χ3v) is 7.50. The second-order valence-corrected chi connectivity index (χ2v) is 10.1. The lowest BCUT2D eigenvalue weighted by Gasteiger charge is -2.29. The highest BCUT2D eigenvalue weighted by Gasteiger charge is 2.42. The Hall–Kier alpha value is -4.95. The summed E-state index contributed by atoms with van der Waals surface area (Å²) in [5.41, 5.74) is 5.30. The molecule has 0 radical (unpaired) electrons. The van der Waals surface area contributed by atoms with E-state index in [1.807, 2.05) is 98.0 Å². The number of anilines is 1. The third-order valence-electron chi connectivity index (χ3n) is 7.18. The number of ether oxygens (including phenoxy) is 2. The molecule has 5 aromatic rings. The molecule has 1 fully saturated rings. The Morgan fingerprint density at radius 3 is 2.32 bits per heavy atom. The Morgan fingerprint density at radius 1 is 0.878 bits per heavy atom. The highest BCUT2D eigenvalue weighted by Crippen LogP contribution is 2.42. The molecule has 0 bridgehead atoms. The molecule has 41 heavy (non-hydrogen) atoms. The van der Waals surface area contributed by atoms with Crippen molar-refractivity contribution in [1.82, 2.24) is 14.9 Å². The van der Waals surface area contributed by atoms with Crippen LogP contribution in [0.3, 0.4) is 0 Å². The number of methoxy groups -OCH3 is 1. The standard InChI is InChI=1S/C33H28N4O3S/c1-22-8-3-4-11-29(22)40-26-18-16-25(17-19-26)37-31(30(35-33(37)41)27-9-5-6-20-34-27)28-10-7-21-36(28)24-14-12-23(13-15-24)32(38)39-2/h3-21,30-31H,1-2H3,(H,35,41)/t30-,31+/m1/s1. The normalized spacial score (nSPS) is 16.3. The van der Waals surface area contributed by atoms with Crippen LogP contribution in [0.2, 0.25) is 0 Å². The van der Waals surface area contributed by atoms with E-state index in [0.29, 0.717) is 10.7 Å². The molecule has 3 aromatic carbocycles. The molecular formula is C33H28N4O3S. The fourth-order valence-corrected chi connectivity index (χ4v) is 5.50. The maximum Gasteiger partial charge on any atom is 0.337 e. The number of para-hydroxylation sites is 1. The predicted octanol–water partition coefficient (Wildman–Crippen LogP) is 6.94. The molecule has 1 aliphatic rings. The third kappa shape index (κ3) is 5.17. The van der Waals surface area contributed by atoms with Gasteiger partial charge in [0, 0.05) is 29.5 Å². The van der Waals surface area contributed by atoms with Gasteiger partial charge in [-0.3, -0.25) is 4.98 Å². The number of carbonyl (C=O) groups excluding carboxylic acids is 1. The molecule has 1 aliphatic heterocycles. The number of benzene rings is 3. The molecule has 6 rings (SSSR count). The first-order valence-corrected chi connectivity index (χ1v) is 13.6. The van der Waals surface area contributed by atoms with Gasteiger partial charge in [0.15, 0.2) is 5.11 Å². The van der Waals surface area contributed by atoms with E-state index in [0.717, 1.165) is 39.8 Å². The monoisotopic (exact) mass is 560 g/mol. The lowest BCUT2D eigenvalue weighted by Crippen LogP contribution is -2.30. The maximum atomic E-state index is 12.0. The summed E-state index contributed by atoms with van der Waals surface area (Å²) in [6, 6.07) is 32.8. The van der Waals surface area contributed by atoms with Crippen molar-refractivity contribution < 1.29 is 14.3 Å². The number of nitrogens with one attached hydrogen (secondary N) is 1. The Morgan fingerprint density at radius 2 is 1.61 bits per heavy atom. The second-order valence-electron chi connectivity index (χ2n) is 9.70. The molecule has 0 amide bonds. The zero-order chi connectivity index (χ0) is 28.3. The van der Waals surface area contributed by atoms with Crippen LogP contribution in [0.15, 0.2) is 116 Å². The molecule has 2 aromatic heterocycles. The van der Waals surface area contributed by atoms with Crippen LogP contribution >= 0.6 is 12.2 Å². The van der Waals surface area contributed by atoms with Gasteiger partial charge in [-0.25, -0.2) is 4.79 Å². The van der Waals surface area contributed by atoms with E-state index in [1.165, 1.54) is 7.11 Å².